The maximum Gasteiger partial charge on any atom is 0.328 e. The first kappa shape index (κ1) is 14.7. The fourth-order valence-corrected chi connectivity index (χ4v) is 2.42. The van der Waals surface area contributed by atoms with Crippen molar-refractivity contribution in [1.82, 2.24) is 9.13 Å². The predicted molar refractivity (Wildman–Crippen MR) is 81.2 cm³/mol. The normalized spacial score (nSPS) is 12.1. The molecular weight excluding hydrogens is 254 g/mol. The molecule has 110 valence electrons. The summed E-state index contributed by atoms with van der Waals surface area (Å²) in [6.45, 7) is 4.69. The molecule has 0 aliphatic heterocycles. The Morgan fingerprint density at radius 3 is 2.60 bits per heavy atom. The van der Waals surface area contributed by atoms with E-state index in [1.807, 2.05) is 32.0 Å². The number of methoxy groups -OCH3 is 1. The van der Waals surface area contributed by atoms with Gasteiger partial charge in [0.1, 0.15) is 5.75 Å². The first-order valence-electron chi connectivity index (χ1n) is 6.85. The van der Waals surface area contributed by atoms with Crippen LogP contribution in [-0.4, -0.2) is 21.8 Å². The third-order valence-electron chi connectivity index (χ3n) is 3.56. The molecule has 5 heteroatoms. The highest BCUT2D eigenvalue weighted by atomic mass is 16.5. The van der Waals surface area contributed by atoms with Crippen LogP contribution in [0.1, 0.15) is 26.7 Å². The van der Waals surface area contributed by atoms with Crippen molar-refractivity contribution in [2.75, 3.05) is 7.11 Å². The molecule has 0 radical (unpaired) electrons. The van der Waals surface area contributed by atoms with Gasteiger partial charge in [-0.15, -0.1) is 0 Å². The molecule has 0 atom stereocenters. The Labute approximate surface area is 118 Å². The molecule has 0 amide bonds. The van der Waals surface area contributed by atoms with Gasteiger partial charge < -0.3 is 10.5 Å². The molecule has 2 rings (SSSR count). The number of rotatable bonds is 5. The summed E-state index contributed by atoms with van der Waals surface area (Å²) in [6, 6.07) is 5.70. The van der Waals surface area contributed by atoms with Crippen molar-refractivity contribution in [2.45, 2.75) is 38.8 Å². The lowest BCUT2D eigenvalue weighted by Crippen LogP contribution is -2.32. The van der Waals surface area contributed by atoms with Gasteiger partial charge in [-0.25, -0.2) is 4.79 Å². The van der Waals surface area contributed by atoms with Crippen molar-refractivity contribution >= 4 is 11.0 Å². The van der Waals surface area contributed by atoms with E-state index in [9.17, 15) is 4.79 Å². The van der Waals surface area contributed by atoms with Crippen LogP contribution in [0.5, 0.6) is 5.75 Å². The number of aryl methyl sites for hydroxylation is 2. The number of imidazole rings is 1. The lowest BCUT2D eigenvalue weighted by Gasteiger charge is -2.17. The number of fused-ring (bicyclic) bond motifs is 1. The van der Waals surface area contributed by atoms with Crippen LogP contribution in [0.3, 0.4) is 0 Å². The van der Waals surface area contributed by atoms with Crippen LogP contribution in [0.25, 0.3) is 11.0 Å². The van der Waals surface area contributed by atoms with Gasteiger partial charge in [0, 0.05) is 25.2 Å². The number of nitrogens with two attached hydrogens (primary N) is 1. The van der Waals surface area contributed by atoms with E-state index >= 15 is 0 Å². The minimum absolute atomic E-state index is 0.00285. The first-order valence-corrected chi connectivity index (χ1v) is 6.85. The number of aromatic nitrogens is 2. The average molecular weight is 277 g/mol. The fourth-order valence-electron chi connectivity index (χ4n) is 2.42. The smallest absolute Gasteiger partial charge is 0.328 e. The maximum absolute atomic E-state index is 12.3. The van der Waals surface area contributed by atoms with Crippen molar-refractivity contribution in [1.29, 1.82) is 0 Å². The second-order valence-electron chi connectivity index (χ2n) is 5.94. The molecule has 2 N–H and O–H groups in total. The summed E-state index contributed by atoms with van der Waals surface area (Å²) in [7, 11) is 3.41. The maximum atomic E-state index is 12.3. The Kier molecular flexibility index (Phi) is 3.90. The van der Waals surface area contributed by atoms with Gasteiger partial charge in [-0.05, 0) is 38.8 Å². The molecule has 1 aromatic carbocycles. The SMILES string of the molecule is COc1ccc2c(c1)n(C)c(=O)n2CCCC(C)(C)N. The zero-order chi connectivity index (χ0) is 14.9. The quantitative estimate of drug-likeness (QED) is 0.907. The molecule has 0 saturated carbocycles. The highest BCUT2D eigenvalue weighted by Crippen LogP contribution is 2.20. The second-order valence-corrected chi connectivity index (χ2v) is 5.94. The largest absolute Gasteiger partial charge is 0.497 e. The van der Waals surface area contributed by atoms with Crippen LogP contribution < -0.4 is 16.2 Å². The topological polar surface area (TPSA) is 62.2 Å². The Balaban J connectivity index is 2.34. The molecule has 0 aliphatic carbocycles. The molecular formula is C15H23N3O2. The highest BCUT2D eigenvalue weighted by Gasteiger charge is 2.14. The van der Waals surface area contributed by atoms with Crippen molar-refractivity contribution in [3.05, 3.63) is 28.7 Å². The van der Waals surface area contributed by atoms with Crippen LogP contribution in [0.2, 0.25) is 0 Å². The third-order valence-corrected chi connectivity index (χ3v) is 3.56. The van der Waals surface area contributed by atoms with E-state index in [1.165, 1.54) is 0 Å². The molecule has 0 aliphatic rings. The molecule has 0 spiro atoms. The Bertz CT molecular complexity index is 662. The summed E-state index contributed by atoms with van der Waals surface area (Å²) in [6.07, 6.45) is 1.76. The molecule has 1 aromatic heterocycles. The zero-order valence-corrected chi connectivity index (χ0v) is 12.6. The number of hydrogen-bond acceptors (Lipinski definition) is 3. The van der Waals surface area contributed by atoms with Gasteiger partial charge in [0.05, 0.1) is 18.1 Å². The van der Waals surface area contributed by atoms with E-state index in [-0.39, 0.29) is 11.2 Å². The summed E-state index contributed by atoms with van der Waals surface area (Å²) < 4.78 is 8.68. The van der Waals surface area contributed by atoms with Gasteiger partial charge >= 0.3 is 5.69 Å². The van der Waals surface area contributed by atoms with Crippen molar-refractivity contribution in [3.8, 4) is 5.75 Å². The Morgan fingerprint density at radius 2 is 2.00 bits per heavy atom. The molecule has 0 unspecified atom stereocenters. The van der Waals surface area contributed by atoms with Crippen LogP contribution in [0, 0.1) is 0 Å². The lowest BCUT2D eigenvalue weighted by molar-refractivity contribution is 0.415. The molecule has 2 aromatic rings. The van der Waals surface area contributed by atoms with Gasteiger partial charge in [-0.3, -0.25) is 9.13 Å². The molecule has 0 saturated heterocycles. The minimum atomic E-state index is -0.197. The third kappa shape index (κ3) is 2.88. The lowest BCUT2D eigenvalue weighted by atomic mass is 10.0. The predicted octanol–water partition coefficient (Wildman–Crippen LogP) is 1.87. The van der Waals surface area contributed by atoms with Crippen molar-refractivity contribution < 1.29 is 4.74 Å². The summed E-state index contributed by atoms with van der Waals surface area (Å²) >= 11 is 0. The molecule has 5 nitrogen and oxygen atoms in total. The summed E-state index contributed by atoms with van der Waals surface area (Å²) in [5.74, 6) is 0.758. The highest BCUT2D eigenvalue weighted by molar-refractivity contribution is 5.77. The number of hydrogen-bond donors (Lipinski definition) is 1. The average Bonchev–Trinajstić information content (AvgIpc) is 2.62. The van der Waals surface area contributed by atoms with Crippen LogP contribution in [0.15, 0.2) is 23.0 Å². The van der Waals surface area contributed by atoms with Gasteiger partial charge in [0.15, 0.2) is 0 Å². The number of benzene rings is 1. The monoisotopic (exact) mass is 277 g/mol. The Hall–Kier alpha value is -1.75. The molecule has 20 heavy (non-hydrogen) atoms. The van der Waals surface area contributed by atoms with E-state index in [0.29, 0.717) is 6.54 Å². The second kappa shape index (κ2) is 5.32. The first-order chi connectivity index (χ1) is 9.33. The summed E-state index contributed by atoms with van der Waals surface area (Å²) in [5, 5.41) is 0. The van der Waals surface area contributed by atoms with Gasteiger partial charge in [-0.1, -0.05) is 0 Å². The van der Waals surface area contributed by atoms with Crippen molar-refractivity contribution in [3.63, 3.8) is 0 Å². The number of nitrogens with zero attached hydrogens (tertiary/aromatic N) is 2. The van der Waals surface area contributed by atoms with Gasteiger partial charge in [0.25, 0.3) is 0 Å². The van der Waals surface area contributed by atoms with E-state index < -0.39 is 0 Å². The summed E-state index contributed by atoms with van der Waals surface area (Å²) in [4.78, 5) is 12.3. The standard InChI is InChI=1S/C15H23N3O2/c1-15(2,16)8-5-9-18-12-7-6-11(20-4)10-13(12)17(3)14(18)19/h6-7,10H,5,8-9,16H2,1-4H3. The van der Waals surface area contributed by atoms with Crippen LogP contribution >= 0.6 is 0 Å². The van der Waals surface area contributed by atoms with Gasteiger partial charge in [0.2, 0.25) is 0 Å². The number of ether oxygens (including phenoxy) is 1. The van der Waals surface area contributed by atoms with Crippen molar-refractivity contribution in [2.24, 2.45) is 12.8 Å². The zero-order valence-electron chi connectivity index (χ0n) is 12.6. The molecule has 1 heterocycles. The van der Waals surface area contributed by atoms with E-state index in [2.05, 4.69) is 0 Å². The molecule has 0 bridgehead atoms. The van der Waals surface area contributed by atoms with E-state index in [0.717, 1.165) is 29.6 Å². The van der Waals surface area contributed by atoms with Crippen LogP contribution in [-0.2, 0) is 13.6 Å². The van der Waals surface area contributed by atoms with E-state index in [1.54, 1.807) is 23.3 Å². The van der Waals surface area contributed by atoms with Crippen LogP contribution in [0.4, 0.5) is 0 Å². The van der Waals surface area contributed by atoms with Gasteiger partial charge in [-0.2, -0.15) is 0 Å². The summed E-state index contributed by atoms with van der Waals surface area (Å²) in [5.41, 5.74) is 7.62. The van der Waals surface area contributed by atoms with E-state index in [4.69, 9.17) is 10.5 Å². The molecule has 0 fully saturated rings. The Morgan fingerprint density at radius 1 is 1.30 bits per heavy atom. The fraction of sp³-hybridized carbons (Fsp3) is 0.533. The minimum Gasteiger partial charge on any atom is -0.497 e.